The summed E-state index contributed by atoms with van der Waals surface area (Å²) in [6, 6.07) is 2.98. The summed E-state index contributed by atoms with van der Waals surface area (Å²) in [4.78, 5) is 49.5. The summed E-state index contributed by atoms with van der Waals surface area (Å²) < 4.78 is 4.92. The van der Waals surface area contributed by atoms with Crippen molar-refractivity contribution in [1.82, 2.24) is 10.2 Å². The molecule has 1 aliphatic heterocycles. The van der Waals surface area contributed by atoms with Crippen molar-refractivity contribution in [1.29, 1.82) is 0 Å². The lowest BCUT2D eigenvalue weighted by Crippen LogP contribution is -2.44. The number of nitrogens with one attached hydrogen (secondary N) is 2. The van der Waals surface area contributed by atoms with Gasteiger partial charge in [-0.2, -0.15) is 0 Å². The molecule has 1 saturated heterocycles. The molecule has 3 rings (SSSR count). The van der Waals surface area contributed by atoms with Crippen LogP contribution in [0.3, 0.4) is 0 Å². The van der Waals surface area contributed by atoms with Gasteiger partial charge in [0.05, 0.1) is 10.7 Å². The van der Waals surface area contributed by atoms with E-state index >= 15 is 0 Å². The molecule has 4 amide bonds. The highest BCUT2D eigenvalue weighted by Crippen LogP contribution is 2.35. The minimum absolute atomic E-state index is 0.387. The first kappa shape index (κ1) is 20.1. The van der Waals surface area contributed by atoms with E-state index in [0.29, 0.717) is 23.6 Å². The number of amides is 4. The molecule has 1 heterocycles. The first-order chi connectivity index (χ1) is 13.2. The molecule has 8 nitrogen and oxygen atoms in total. The van der Waals surface area contributed by atoms with Crippen LogP contribution in [0.2, 0.25) is 5.02 Å². The van der Waals surface area contributed by atoms with Gasteiger partial charge in [-0.15, -0.1) is 0 Å². The number of nitrogens with zero attached hydrogens (tertiary/aromatic N) is 1. The summed E-state index contributed by atoms with van der Waals surface area (Å²) in [5.41, 5.74) is 1.31. The van der Waals surface area contributed by atoms with Crippen molar-refractivity contribution < 1.29 is 23.9 Å². The van der Waals surface area contributed by atoms with Crippen LogP contribution in [0.4, 0.5) is 10.5 Å². The first-order valence-electron chi connectivity index (χ1n) is 9.08. The van der Waals surface area contributed by atoms with Gasteiger partial charge in [-0.05, 0) is 43.9 Å². The number of carbonyl (C=O) groups excluding carboxylic acids is 4. The van der Waals surface area contributed by atoms with Crippen molar-refractivity contribution in [3.05, 3.63) is 28.3 Å². The summed E-state index contributed by atoms with van der Waals surface area (Å²) in [7, 11) is 0. The van der Waals surface area contributed by atoms with E-state index in [2.05, 4.69) is 10.6 Å². The molecule has 0 unspecified atom stereocenters. The number of urea groups is 1. The van der Waals surface area contributed by atoms with E-state index in [1.165, 1.54) is 0 Å². The monoisotopic (exact) mass is 407 g/mol. The summed E-state index contributed by atoms with van der Waals surface area (Å²) in [5.74, 6) is -1.80. The van der Waals surface area contributed by atoms with Crippen molar-refractivity contribution in [2.24, 2.45) is 0 Å². The lowest BCUT2D eigenvalue weighted by Gasteiger charge is -2.19. The normalized spacial score (nSPS) is 17.8. The summed E-state index contributed by atoms with van der Waals surface area (Å²) in [6.07, 6.45) is 2.85. The van der Waals surface area contributed by atoms with Gasteiger partial charge in [0.25, 0.3) is 11.8 Å². The van der Waals surface area contributed by atoms with E-state index in [1.54, 1.807) is 13.0 Å². The third kappa shape index (κ3) is 3.96. The molecule has 0 bridgehead atoms. The predicted octanol–water partition coefficient (Wildman–Crippen LogP) is 2.30. The Labute approximate surface area is 167 Å². The molecule has 2 fully saturated rings. The maximum atomic E-state index is 12.5. The van der Waals surface area contributed by atoms with Crippen molar-refractivity contribution in [2.75, 3.05) is 18.5 Å². The van der Waals surface area contributed by atoms with Crippen LogP contribution in [0.5, 0.6) is 0 Å². The SMILES string of the molecule is Cc1cc(C)c(NC(=O)COC(=O)CN2C(=O)NC3(CCCC3)C2=O)c(Cl)c1. The third-order valence-electron chi connectivity index (χ3n) is 5.05. The van der Waals surface area contributed by atoms with Crippen molar-refractivity contribution in [3.63, 3.8) is 0 Å². The van der Waals surface area contributed by atoms with E-state index in [1.807, 2.05) is 13.0 Å². The van der Waals surface area contributed by atoms with E-state index in [0.717, 1.165) is 28.9 Å². The molecule has 1 aromatic rings. The Morgan fingerprint density at radius 2 is 1.93 bits per heavy atom. The zero-order chi connectivity index (χ0) is 20.5. The number of benzene rings is 1. The molecular weight excluding hydrogens is 386 g/mol. The van der Waals surface area contributed by atoms with Gasteiger partial charge in [-0.25, -0.2) is 4.79 Å². The fourth-order valence-corrected chi connectivity index (χ4v) is 4.08. The molecule has 0 aromatic heterocycles. The number of rotatable bonds is 5. The summed E-state index contributed by atoms with van der Waals surface area (Å²) in [5, 5.41) is 5.68. The van der Waals surface area contributed by atoms with Crippen LogP contribution in [0.1, 0.15) is 36.8 Å². The second kappa shape index (κ2) is 7.79. The Bertz CT molecular complexity index is 825. The van der Waals surface area contributed by atoms with Crippen LogP contribution >= 0.6 is 11.6 Å². The molecular formula is C19H22ClN3O5. The van der Waals surface area contributed by atoms with E-state index in [4.69, 9.17) is 16.3 Å². The third-order valence-corrected chi connectivity index (χ3v) is 5.35. The van der Waals surface area contributed by atoms with Crippen LogP contribution in [0.15, 0.2) is 12.1 Å². The van der Waals surface area contributed by atoms with E-state index in [9.17, 15) is 19.2 Å². The number of hydrogen-bond donors (Lipinski definition) is 2. The standard InChI is InChI=1S/C19H22ClN3O5/c1-11-7-12(2)16(13(20)8-11)21-14(24)10-28-15(25)9-23-17(26)19(22-18(23)27)5-3-4-6-19/h7-8H,3-6,9-10H2,1-2H3,(H,21,24)(H,22,27). The van der Waals surface area contributed by atoms with Crippen LogP contribution in [0.25, 0.3) is 0 Å². The van der Waals surface area contributed by atoms with E-state index in [-0.39, 0.29) is 0 Å². The van der Waals surface area contributed by atoms with Gasteiger partial charge in [-0.3, -0.25) is 19.3 Å². The van der Waals surface area contributed by atoms with Crippen LogP contribution in [0, 0.1) is 13.8 Å². The Morgan fingerprint density at radius 3 is 2.57 bits per heavy atom. The minimum Gasteiger partial charge on any atom is -0.454 e. The Hall–Kier alpha value is -2.61. The zero-order valence-corrected chi connectivity index (χ0v) is 16.5. The quantitative estimate of drug-likeness (QED) is 0.575. The van der Waals surface area contributed by atoms with Crippen LogP contribution < -0.4 is 10.6 Å². The molecule has 1 aliphatic carbocycles. The summed E-state index contributed by atoms with van der Waals surface area (Å²) in [6.45, 7) is 2.62. The second-order valence-corrected chi connectivity index (χ2v) is 7.67. The molecule has 9 heteroatoms. The van der Waals surface area contributed by atoms with Crippen LogP contribution in [-0.2, 0) is 19.1 Å². The smallest absolute Gasteiger partial charge is 0.326 e. The molecule has 1 aromatic carbocycles. The van der Waals surface area contributed by atoms with Gasteiger partial charge in [-0.1, -0.05) is 30.5 Å². The topological polar surface area (TPSA) is 105 Å². The number of esters is 1. The maximum absolute atomic E-state index is 12.5. The van der Waals surface area contributed by atoms with Gasteiger partial charge >= 0.3 is 12.0 Å². The molecule has 1 saturated carbocycles. The average molecular weight is 408 g/mol. The highest BCUT2D eigenvalue weighted by Gasteiger charge is 2.52. The van der Waals surface area contributed by atoms with Gasteiger partial charge < -0.3 is 15.4 Å². The first-order valence-corrected chi connectivity index (χ1v) is 9.46. The average Bonchev–Trinajstić information content (AvgIpc) is 3.17. The molecule has 0 atom stereocenters. The number of aryl methyl sites for hydroxylation is 2. The Balaban J connectivity index is 1.53. The molecule has 0 radical (unpaired) electrons. The lowest BCUT2D eigenvalue weighted by atomic mass is 9.98. The number of ether oxygens (including phenoxy) is 1. The fraction of sp³-hybridized carbons (Fsp3) is 0.474. The highest BCUT2D eigenvalue weighted by molar-refractivity contribution is 6.34. The minimum atomic E-state index is -0.881. The van der Waals surface area contributed by atoms with Gasteiger partial charge in [0.1, 0.15) is 12.1 Å². The summed E-state index contributed by atoms with van der Waals surface area (Å²) >= 11 is 6.14. The lowest BCUT2D eigenvalue weighted by molar-refractivity contribution is -0.150. The number of anilines is 1. The number of halogens is 1. The Morgan fingerprint density at radius 1 is 1.25 bits per heavy atom. The number of imide groups is 1. The van der Waals surface area contributed by atoms with Crippen molar-refractivity contribution in [2.45, 2.75) is 45.1 Å². The molecule has 28 heavy (non-hydrogen) atoms. The highest BCUT2D eigenvalue weighted by atomic mass is 35.5. The van der Waals surface area contributed by atoms with Gasteiger partial charge in [0.15, 0.2) is 6.61 Å². The molecule has 2 aliphatic rings. The Kier molecular flexibility index (Phi) is 5.60. The van der Waals surface area contributed by atoms with Crippen molar-refractivity contribution >= 4 is 41.1 Å². The van der Waals surface area contributed by atoms with Gasteiger partial charge in [0.2, 0.25) is 0 Å². The van der Waals surface area contributed by atoms with Crippen LogP contribution in [-0.4, -0.2) is 47.4 Å². The van der Waals surface area contributed by atoms with Crippen molar-refractivity contribution in [3.8, 4) is 0 Å². The second-order valence-electron chi connectivity index (χ2n) is 7.26. The molecule has 1 spiro atoms. The molecule has 2 N–H and O–H groups in total. The number of carbonyl (C=O) groups is 4. The maximum Gasteiger partial charge on any atom is 0.326 e. The predicted molar refractivity (Wildman–Crippen MR) is 102 cm³/mol. The van der Waals surface area contributed by atoms with E-state index < -0.39 is 42.5 Å². The molecule has 150 valence electrons. The van der Waals surface area contributed by atoms with Gasteiger partial charge in [0, 0.05) is 0 Å². The zero-order valence-electron chi connectivity index (χ0n) is 15.8. The fourth-order valence-electron chi connectivity index (χ4n) is 3.71. The largest absolute Gasteiger partial charge is 0.454 e. The number of hydrogen-bond acceptors (Lipinski definition) is 5.